The van der Waals surface area contributed by atoms with Crippen LogP contribution in [0.15, 0.2) is 24.3 Å². The minimum Gasteiger partial charge on any atom is -0.466 e. The smallest absolute Gasteiger partial charge is 0.339 e. The van der Waals surface area contributed by atoms with Gasteiger partial charge in [0.1, 0.15) is 0 Å². The number of esters is 4. The molecule has 0 heterocycles. The summed E-state index contributed by atoms with van der Waals surface area (Å²) in [5, 5.41) is 0. The first-order valence-electron chi connectivity index (χ1n) is 12.4. The Morgan fingerprint density at radius 2 is 1.00 bits per heavy atom. The molecule has 0 bridgehead atoms. The van der Waals surface area contributed by atoms with Crippen LogP contribution >= 0.6 is 23.5 Å². The van der Waals surface area contributed by atoms with Gasteiger partial charge in [-0.1, -0.05) is 12.1 Å². The van der Waals surface area contributed by atoms with Gasteiger partial charge in [-0.2, -0.15) is 23.5 Å². The van der Waals surface area contributed by atoms with Crippen LogP contribution in [0.5, 0.6) is 0 Å². The molecule has 0 saturated heterocycles. The molecule has 0 aliphatic heterocycles. The van der Waals surface area contributed by atoms with Crippen molar-refractivity contribution < 1.29 is 38.1 Å². The third-order valence-corrected chi connectivity index (χ3v) is 6.96. The second-order valence-electron chi connectivity index (χ2n) is 7.57. The quantitative estimate of drug-likeness (QED) is 0.128. The van der Waals surface area contributed by atoms with Crippen molar-refractivity contribution in [3.05, 3.63) is 35.4 Å². The molecule has 0 atom stereocenters. The molecule has 10 heteroatoms. The van der Waals surface area contributed by atoms with Crippen LogP contribution in [-0.2, 0) is 28.5 Å². The minimum absolute atomic E-state index is 0.175. The fourth-order valence-corrected chi connectivity index (χ4v) is 4.70. The highest BCUT2D eigenvalue weighted by atomic mass is 32.2. The van der Waals surface area contributed by atoms with Crippen LogP contribution in [0.4, 0.5) is 0 Å². The highest BCUT2D eigenvalue weighted by Crippen LogP contribution is 2.14. The Labute approximate surface area is 222 Å². The zero-order valence-electron chi connectivity index (χ0n) is 21.3. The number of carbonyl (C=O) groups excluding carboxylic acids is 4. The largest absolute Gasteiger partial charge is 0.466 e. The summed E-state index contributed by atoms with van der Waals surface area (Å²) in [6, 6.07) is 6.48. The predicted molar refractivity (Wildman–Crippen MR) is 143 cm³/mol. The molecule has 1 rings (SSSR count). The maximum atomic E-state index is 12.5. The molecule has 0 spiro atoms. The van der Waals surface area contributed by atoms with E-state index in [1.54, 1.807) is 61.6 Å². The Morgan fingerprint density at radius 1 is 0.611 bits per heavy atom. The predicted octanol–water partition coefficient (Wildman–Crippen LogP) is 4.93. The molecule has 0 amide bonds. The number of hydrogen-bond donors (Lipinski definition) is 0. The molecule has 202 valence electrons. The lowest BCUT2D eigenvalue weighted by Crippen LogP contribution is -2.15. The van der Waals surface area contributed by atoms with Crippen LogP contribution in [0.2, 0.25) is 0 Å². The van der Waals surface area contributed by atoms with Crippen molar-refractivity contribution in [3.8, 4) is 0 Å². The molecule has 36 heavy (non-hydrogen) atoms. The van der Waals surface area contributed by atoms with Gasteiger partial charge in [0.05, 0.1) is 37.6 Å². The summed E-state index contributed by atoms with van der Waals surface area (Å²) in [6.07, 6.45) is 3.71. The first-order valence-corrected chi connectivity index (χ1v) is 14.7. The topological polar surface area (TPSA) is 105 Å². The van der Waals surface area contributed by atoms with Crippen molar-refractivity contribution in [1.82, 2.24) is 0 Å². The van der Waals surface area contributed by atoms with Gasteiger partial charge in [0.2, 0.25) is 0 Å². The average Bonchev–Trinajstić information content (AvgIpc) is 2.87. The van der Waals surface area contributed by atoms with Crippen molar-refractivity contribution in [2.75, 3.05) is 49.4 Å². The standard InChI is InChI=1S/C26H38O8S2/c1-3-31-23(27)13-7-17-35-19-9-15-33-25(29)21-11-5-6-12-22(21)26(30)34-16-10-20-36-18-8-14-24(28)32-4-2/h5-6,11-12H,3-4,7-10,13-20H2,1-2H3. The molecule has 0 aromatic heterocycles. The maximum Gasteiger partial charge on any atom is 0.339 e. The van der Waals surface area contributed by atoms with E-state index in [0.717, 1.165) is 35.9 Å². The van der Waals surface area contributed by atoms with Gasteiger partial charge in [-0.25, -0.2) is 9.59 Å². The highest BCUT2D eigenvalue weighted by Gasteiger charge is 2.18. The summed E-state index contributed by atoms with van der Waals surface area (Å²) in [7, 11) is 0. The van der Waals surface area contributed by atoms with Crippen LogP contribution in [0.25, 0.3) is 0 Å². The van der Waals surface area contributed by atoms with Crippen LogP contribution in [-0.4, -0.2) is 73.3 Å². The molecule has 0 saturated carbocycles. The van der Waals surface area contributed by atoms with E-state index in [1.165, 1.54) is 0 Å². The molecular formula is C26H38O8S2. The van der Waals surface area contributed by atoms with Crippen molar-refractivity contribution in [2.45, 2.75) is 52.4 Å². The number of thioether (sulfide) groups is 2. The lowest BCUT2D eigenvalue weighted by molar-refractivity contribution is -0.144. The molecule has 0 aliphatic carbocycles. The fraction of sp³-hybridized carbons (Fsp3) is 0.615. The van der Waals surface area contributed by atoms with Crippen molar-refractivity contribution in [1.29, 1.82) is 0 Å². The lowest BCUT2D eigenvalue weighted by Gasteiger charge is -2.10. The maximum absolute atomic E-state index is 12.5. The van der Waals surface area contributed by atoms with Crippen LogP contribution in [0, 0.1) is 0 Å². The third-order valence-electron chi connectivity index (χ3n) is 4.65. The summed E-state index contributed by atoms with van der Waals surface area (Å²) in [5.74, 6) is 1.85. The van der Waals surface area contributed by atoms with E-state index in [0.29, 0.717) is 38.9 Å². The van der Waals surface area contributed by atoms with Crippen LogP contribution < -0.4 is 0 Å². The van der Waals surface area contributed by atoms with E-state index in [9.17, 15) is 19.2 Å². The van der Waals surface area contributed by atoms with Gasteiger partial charge in [0.15, 0.2) is 0 Å². The molecule has 0 radical (unpaired) electrons. The lowest BCUT2D eigenvalue weighted by atomic mass is 10.1. The molecular weight excluding hydrogens is 504 g/mol. The number of rotatable bonds is 20. The Balaban J connectivity index is 2.22. The molecule has 0 aliphatic rings. The van der Waals surface area contributed by atoms with Gasteiger partial charge in [0, 0.05) is 12.8 Å². The third kappa shape index (κ3) is 15.0. The number of ether oxygens (including phenoxy) is 4. The molecule has 1 aromatic carbocycles. The van der Waals surface area contributed by atoms with E-state index in [1.807, 2.05) is 0 Å². The monoisotopic (exact) mass is 542 g/mol. The zero-order chi connectivity index (χ0) is 26.4. The molecule has 8 nitrogen and oxygen atoms in total. The Hall–Kier alpha value is -2.20. The second-order valence-corrected chi connectivity index (χ2v) is 10.0. The zero-order valence-corrected chi connectivity index (χ0v) is 22.9. The second kappa shape index (κ2) is 20.9. The van der Waals surface area contributed by atoms with E-state index in [4.69, 9.17) is 18.9 Å². The Kier molecular flexibility index (Phi) is 18.5. The van der Waals surface area contributed by atoms with E-state index >= 15 is 0 Å². The van der Waals surface area contributed by atoms with Gasteiger partial charge in [-0.15, -0.1) is 0 Å². The van der Waals surface area contributed by atoms with Crippen molar-refractivity contribution in [2.24, 2.45) is 0 Å². The molecule has 0 unspecified atom stereocenters. The Morgan fingerprint density at radius 3 is 1.39 bits per heavy atom. The number of hydrogen-bond acceptors (Lipinski definition) is 10. The van der Waals surface area contributed by atoms with E-state index < -0.39 is 11.9 Å². The van der Waals surface area contributed by atoms with Gasteiger partial charge in [-0.05, 0) is 74.7 Å². The minimum atomic E-state index is -0.549. The number of carbonyl (C=O) groups is 4. The summed E-state index contributed by atoms with van der Waals surface area (Å²) in [5.41, 5.74) is 0.385. The van der Waals surface area contributed by atoms with Gasteiger partial charge in [0.25, 0.3) is 0 Å². The van der Waals surface area contributed by atoms with Crippen LogP contribution in [0.3, 0.4) is 0 Å². The molecule has 1 aromatic rings. The molecule has 0 fully saturated rings. The summed E-state index contributed by atoms with van der Waals surface area (Å²) in [6.45, 7) is 4.88. The van der Waals surface area contributed by atoms with Crippen molar-refractivity contribution >= 4 is 47.4 Å². The first kappa shape index (κ1) is 31.8. The first-order chi connectivity index (χ1) is 17.5. The average molecular weight is 543 g/mol. The SMILES string of the molecule is CCOC(=O)CCCSCCCOC(=O)c1ccccc1C(=O)OCCCSCCCC(=O)OCC. The summed E-state index contributed by atoms with van der Waals surface area (Å²) >= 11 is 3.39. The van der Waals surface area contributed by atoms with E-state index in [2.05, 4.69) is 0 Å². The number of benzene rings is 1. The van der Waals surface area contributed by atoms with Gasteiger partial charge < -0.3 is 18.9 Å². The summed E-state index contributed by atoms with van der Waals surface area (Å²) in [4.78, 5) is 47.5. The normalized spacial score (nSPS) is 10.5. The molecule has 0 N–H and O–H groups in total. The fourth-order valence-electron chi connectivity index (χ4n) is 2.95. The highest BCUT2D eigenvalue weighted by molar-refractivity contribution is 7.99. The van der Waals surface area contributed by atoms with Crippen LogP contribution in [0.1, 0.15) is 73.1 Å². The van der Waals surface area contributed by atoms with Gasteiger partial charge >= 0.3 is 23.9 Å². The summed E-state index contributed by atoms with van der Waals surface area (Å²) < 4.78 is 20.5. The van der Waals surface area contributed by atoms with Gasteiger partial charge in [-0.3, -0.25) is 9.59 Å². The van der Waals surface area contributed by atoms with E-state index in [-0.39, 0.29) is 36.3 Å². The Bertz CT molecular complexity index is 735. The van der Waals surface area contributed by atoms with Crippen molar-refractivity contribution in [3.63, 3.8) is 0 Å².